The van der Waals surface area contributed by atoms with Crippen LogP contribution in [0.5, 0.6) is 0 Å². The summed E-state index contributed by atoms with van der Waals surface area (Å²) in [4.78, 5) is 11.9. The Morgan fingerprint density at radius 3 is 2.89 bits per heavy atom. The monoisotopic (exact) mass is 253 g/mol. The lowest BCUT2D eigenvalue weighted by molar-refractivity contribution is 0.0940. The van der Waals surface area contributed by atoms with Crippen LogP contribution >= 0.6 is 0 Å². The van der Waals surface area contributed by atoms with Crippen molar-refractivity contribution in [2.24, 2.45) is 10.9 Å². The van der Waals surface area contributed by atoms with Crippen LogP contribution in [0.25, 0.3) is 0 Å². The first kappa shape index (κ1) is 14.0. The first-order valence-electron chi connectivity index (χ1n) is 5.47. The van der Waals surface area contributed by atoms with Gasteiger partial charge in [-0.15, -0.1) is 0 Å². The summed E-state index contributed by atoms with van der Waals surface area (Å²) in [5.74, 6) is -0.821. The molecule has 0 saturated heterocycles. The predicted molar refractivity (Wildman–Crippen MR) is 66.1 cm³/mol. The van der Waals surface area contributed by atoms with Crippen LogP contribution in [-0.2, 0) is 0 Å². The summed E-state index contributed by atoms with van der Waals surface area (Å²) in [6, 6.07) is 3.71. The Labute approximate surface area is 104 Å². The van der Waals surface area contributed by atoms with Crippen LogP contribution < -0.4 is 11.1 Å². The first-order valence-corrected chi connectivity index (χ1v) is 5.47. The maximum absolute atomic E-state index is 13.1. The standard InChI is InChI=1S/C12H16FN3O2/c1-7-3-4-9(13)6-10(7)12(17)15-8(2)5-11(14)16-18/h3-4,6,8,18H,5H2,1-2H3,(H2,14,16)(H,15,17). The number of oxime groups is 1. The van der Waals surface area contributed by atoms with Crippen molar-refractivity contribution in [1.82, 2.24) is 5.32 Å². The summed E-state index contributed by atoms with van der Waals surface area (Å²) >= 11 is 0. The lowest BCUT2D eigenvalue weighted by Crippen LogP contribution is -2.36. The lowest BCUT2D eigenvalue weighted by atomic mass is 10.1. The molecule has 0 aliphatic heterocycles. The van der Waals surface area contributed by atoms with Crippen molar-refractivity contribution >= 4 is 11.7 Å². The molecule has 0 spiro atoms. The molecule has 0 aliphatic rings. The molecule has 0 fully saturated rings. The van der Waals surface area contributed by atoms with Gasteiger partial charge >= 0.3 is 0 Å². The van der Waals surface area contributed by atoms with E-state index in [9.17, 15) is 9.18 Å². The molecule has 1 amide bonds. The average Bonchev–Trinajstić information content (AvgIpc) is 2.31. The van der Waals surface area contributed by atoms with E-state index in [2.05, 4.69) is 10.5 Å². The molecule has 1 aromatic carbocycles. The fourth-order valence-corrected chi connectivity index (χ4v) is 1.55. The van der Waals surface area contributed by atoms with E-state index in [1.165, 1.54) is 12.1 Å². The normalized spacial score (nSPS) is 13.2. The number of carbonyl (C=O) groups excluding carboxylic acids is 1. The van der Waals surface area contributed by atoms with Gasteiger partial charge in [0.05, 0.1) is 0 Å². The highest BCUT2D eigenvalue weighted by molar-refractivity contribution is 5.96. The third-order valence-electron chi connectivity index (χ3n) is 2.47. The number of nitrogens with zero attached hydrogens (tertiary/aromatic N) is 1. The largest absolute Gasteiger partial charge is 0.409 e. The third-order valence-corrected chi connectivity index (χ3v) is 2.47. The molecule has 0 saturated carbocycles. The van der Waals surface area contributed by atoms with Crippen molar-refractivity contribution in [2.75, 3.05) is 0 Å². The van der Waals surface area contributed by atoms with E-state index >= 15 is 0 Å². The zero-order valence-corrected chi connectivity index (χ0v) is 10.3. The van der Waals surface area contributed by atoms with Gasteiger partial charge in [-0.25, -0.2) is 4.39 Å². The van der Waals surface area contributed by atoms with Crippen LogP contribution in [0.1, 0.15) is 29.3 Å². The molecule has 98 valence electrons. The Balaban J connectivity index is 2.73. The molecule has 1 rings (SSSR count). The lowest BCUT2D eigenvalue weighted by Gasteiger charge is -2.14. The summed E-state index contributed by atoms with van der Waals surface area (Å²) in [5, 5.41) is 13.9. The Morgan fingerprint density at radius 1 is 1.61 bits per heavy atom. The van der Waals surface area contributed by atoms with Crippen LogP contribution in [0.15, 0.2) is 23.4 Å². The van der Waals surface area contributed by atoms with Crippen molar-refractivity contribution < 1.29 is 14.4 Å². The molecule has 0 radical (unpaired) electrons. The summed E-state index contributed by atoms with van der Waals surface area (Å²) in [5.41, 5.74) is 6.30. The molecule has 4 N–H and O–H groups in total. The van der Waals surface area contributed by atoms with E-state index in [-0.39, 0.29) is 29.8 Å². The molecule has 1 unspecified atom stereocenters. The van der Waals surface area contributed by atoms with E-state index in [0.717, 1.165) is 0 Å². The average molecular weight is 253 g/mol. The number of rotatable bonds is 4. The highest BCUT2D eigenvalue weighted by atomic mass is 19.1. The molecule has 0 aromatic heterocycles. The number of nitrogens with one attached hydrogen (secondary N) is 1. The quantitative estimate of drug-likeness (QED) is 0.328. The van der Waals surface area contributed by atoms with Crippen LogP contribution in [0, 0.1) is 12.7 Å². The SMILES string of the molecule is Cc1ccc(F)cc1C(=O)NC(C)CC(N)=NO. The third kappa shape index (κ3) is 3.73. The van der Waals surface area contributed by atoms with Crippen LogP contribution in [0.4, 0.5) is 4.39 Å². The van der Waals surface area contributed by atoms with E-state index < -0.39 is 5.82 Å². The smallest absolute Gasteiger partial charge is 0.251 e. The molecular formula is C12H16FN3O2. The van der Waals surface area contributed by atoms with Gasteiger partial charge in [-0.05, 0) is 31.5 Å². The number of benzene rings is 1. The molecule has 0 aliphatic carbocycles. The highest BCUT2D eigenvalue weighted by Gasteiger charge is 2.13. The molecule has 0 heterocycles. The van der Waals surface area contributed by atoms with Crippen molar-refractivity contribution in [3.63, 3.8) is 0 Å². The van der Waals surface area contributed by atoms with Crippen LogP contribution in [0.2, 0.25) is 0 Å². The molecule has 6 heteroatoms. The maximum Gasteiger partial charge on any atom is 0.251 e. The summed E-state index contributed by atoms with van der Waals surface area (Å²) in [6.45, 7) is 3.44. The minimum Gasteiger partial charge on any atom is -0.409 e. The van der Waals surface area contributed by atoms with Gasteiger partial charge in [0.1, 0.15) is 11.7 Å². The first-order chi connectivity index (χ1) is 8.43. The van der Waals surface area contributed by atoms with E-state index in [4.69, 9.17) is 10.9 Å². The second kappa shape index (κ2) is 6.00. The Morgan fingerprint density at radius 2 is 2.28 bits per heavy atom. The molecule has 0 bridgehead atoms. The predicted octanol–water partition coefficient (Wildman–Crippen LogP) is 1.39. The van der Waals surface area contributed by atoms with E-state index in [1.807, 2.05) is 0 Å². The van der Waals surface area contributed by atoms with Gasteiger partial charge in [0.15, 0.2) is 0 Å². The summed E-state index contributed by atoms with van der Waals surface area (Å²) in [7, 11) is 0. The second-order valence-corrected chi connectivity index (χ2v) is 4.13. The molecule has 5 nitrogen and oxygen atoms in total. The van der Waals surface area contributed by atoms with Gasteiger partial charge in [-0.1, -0.05) is 11.2 Å². The number of nitrogens with two attached hydrogens (primary N) is 1. The van der Waals surface area contributed by atoms with Gasteiger partial charge in [0.2, 0.25) is 0 Å². The van der Waals surface area contributed by atoms with Crippen LogP contribution in [-0.4, -0.2) is 23.0 Å². The number of halogens is 1. The molecular weight excluding hydrogens is 237 g/mol. The van der Waals surface area contributed by atoms with Crippen molar-refractivity contribution in [1.29, 1.82) is 0 Å². The molecule has 1 aromatic rings. The number of hydrogen-bond acceptors (Lipinski definition) is 3. The Kier molecular flexibility index (Phi) is 4.65. The van der Waals surface area contributed by atoms with Gasteiger partial charge < -0.3 is 16.3 Å². The second-order valence-electron chi connectivity index (χ2n) is 4.13. The zero-order chi connectivity index (χ0) is 13.7. The van der Waals surface area contributed by atoms with E-state index in [1.54, 1.807) is 19.9 Å². The molecule has 1 atom stereocenters. The van der Waals surface area contributed by atoms with Gasteiger partial charge in [0.25, 0.3) is 5.91 Å². The Hall–Kier alpha value is -2.11. The number of aryl methyl sites for hydroxylation is 1. The van der Waals surface area contributed by atoms with Gasteiger partial charge in [-0.3, -0.25) is 4.79 Å². The topological polar surface area (TPSA) is 87.7 Å². The fraction of sp³-hybridized carbons (Fsp3) is 0.333. The number of hydrogen-bond donors (Lipinski definition) is 3. The minimum atomic E-state index is -0.463. The van der Waals surface area contributed by atoms with Gasteiger partial charge in [0, 0.05) is 18.0 Å². The van der Waals surface area contributed by atoms with E-state index in [0.29, 0.717) is 5.56 Å². The number of carbonyl (C=O) groups is 1. The van der Waals surface area contributed by atoms with Crippen LogP contribution in [0.3, 0.4) is 0 Å². The van der Waals surface area contributed by atoms with Crippen molar-refractivity contribution in [2.45, 2.75) is 26.3 Å². The maximum atomic E-state index is 13.1. The molecule has 18 heavy (non-hydrogen) atoms. The zero-order valence-electron chi connectivity index (χ0n) is 10.3. The minimum absolute atomic E-state index is 0.0266. The number of amides is 1. The van der Waals surface area contributed by atoms with Gasteiger partial charge in [-0.2, -0.15) is 0 Å². The van der Waals surface area contributed by atoms with Crippen molar-refractivity contribution in [3.05, 3.63) is 35.1 Å². The summed E-state index contributed by atoms with van der Waals surface area (Å²) in [6.07, 6.45) is 0.219. The Bertz CT molecular complexity index is 474. The van der Waals surface area contributed by atoms with Crippen molar-refractivity contribution in [3.8, 4) is 0 Å². The summed E-state index contributed by atoms with van der Waals surface area (Å²) < 4.78 is 13.1. The number of amidine groups is 1. The fourth-order valence-electron chi connectivity index (χ4n) is 1.55. The highest BCUT2D eigenvalue weighted by Crippen LogP contribution is 2.10.